The predicted molar refractivity (Wildman–Crippen MR) is 88.6 cm³/mol. The number of carbonyl (C=O) groups excluding carboxylic acids is 1. The number of anilines is 1. The molecule has 0 unspecified atom stereocenters. The Morgan fingerprint density at radius 1 is 1.48 bits per heavy atom. The summed E-state index contributed by atoms with van der Waals surface area (Å²) in [5, 5.41) is 3.52. The molecule has 3 N–H and O–H groups in total. The van der Waals surface area contributed by atoms with Crippen LogP contribution >= 0.6 is 24.0 Å². The topological polar surface area (TPSA) is 64.3 Å². The fourth-order valence-corrected chi connectivity index (χ4v) is 2.84. The van der Waals surface area contributed by atoms with Crippen LogP contribution in [0.15, 0.2) is 12.1 Å². The summed E-state index contributed by atoms with van der Waals surface area (Å²) in [6.07, 6.45) is 3.63. The van der Waals surface area contributed by atoms with Crippen molar-refractivity contribution >= 4 is 35.6 Å². The Labute approximate surface area is 136 Å². The van der Waals surface area contributed by atoms with Gasteiger partial charge >= 0.3 is 0 Å². The van der Waals surface area contributed by atoms with Gasteiger partial charge in [0.15, 0.2) is 0 Å². The van der Waals surface area contributed by atoms with Crippen LogP contribution in [0, 0.1) is 12.8 Å². The van der Waals surface area contributed by atoms with Gasteiger partial charge in [-0.15, -0.1) is 12.4 Å². The second kappa shape index (κ2) is 7.87. The fourth-order valence-electron chi connectivity index (χ4n) is 2.69. The molecule has 6 heteroatoms. The number of hydrogen-bond donors (Lipinski definition) is 2. The van der Waals surface area contributed by atoms with Crippen molar-refractivity contribution in [2.24, 2.45) is 11.7 Å². The molecule has 0 heterocycles. The van der Waals surface area contributed by atoms with E-state index in [9.17, 15) is 4.79 Å². The Morgan fingerprint density at radius 3 is 2.76 bits per heavy atom. The molecule has 1 aromatic rings. The molecule has 1 aliphatic rings. The number of halogens is 2. The van der Waals surface area contributed by atoms with Gasteiger partial charge in [0.25, 0.3) is 0 Å². The van der Waals surface area contributed by atoms with Crippen LogP contribution < -0.4 is 15.8 Å². The summed E-state index contributed by atoms with van der Waals surface area (Å²) < 4.78 is 5.25. The van der Waals surface area contributed by atoms with Crippen molar-refractivity contribution in [3.05, 3.63) is 22.7 Å². The van der Waals surface area contributed by atoms with E-state index in [2.05, 4.69) is 5.32 Å². The summed E-state index contributed by atoms with van der Waals surface area (Å²) in [7, 11) is 1.56. The Balaban J connectivity index is 0.00000220. The smallest absolute Gasteiger partial charge is 0.224 e. The minimum atomic E-state index is -0.0210. The highest BCUT2D eigenvalue weighted by atomic mass is 35.5. The lowest BCUT2D eigenvalue weighted by Gasteiger charge is -2.16. The summed E-state index contributed by atoms with van der Waals surface area (Å²) in [5.41, 5.74) is 7.56. The van der Waals surface area contributed by atoms with Gasteiger partial charge in [-0.3, -0.25) is 4.79 Å². The maximum atomic E-state index is 12.1. The lowest BCUT2D eigenvalue weighted by atomic mass is 10.00. The molecule has 0 saturated heterocycles. The van der Waals surface area contributed by atoms with Gasteiger partial charge < -0.3 is 15.8 Å². The van der Waals surface area contributed by atoms with Crippen LogP contribution in [0.25, 0.3) is 0 Å². The van der Waals surface area contributed by atoms with Gasteiger partial charge in [0, 0.05) is 23.6 Å². The van der Waals surface area contributed by atoms with Crippen LogP contribution in [0.3, 0.4) is 0 Å². The summed E-state index contributed by atoms with van der Waals surface area (Å²) in [5.74, 6) is 0.839. The zero-order valence-electron chi connectivity index (χ0n) is 12.3. The first-order valence-electron chi connectivity index (χ1n) is 6.91. The molecule has 0 aromatic heterocycles. The molecule has 0 spiro atoms. The molecular formula is C15H22Cl2N2O2. The van der Waals surface area contributed by atoms with Crippen molar-refractivity contribution in [3.63, 3.8) is 0 Å². The van der Waals surface area contributed by atoms with E-state index >= 15 is 0 Å². The quantitative estimate of drug-likeness (QED) is 0.886. The molecule has 1 saturated carbocycles. The summed E-state index contributed by atoms with van der Waals surface area (Å²) >= 11 is 6.05. The zero-order valence-corrected chi connectivity index (χ0v) is 13.9. The minimum Gasteiger partial charge on any atom is -0.495 e. The first kappa shape index (κ1) is 18.1. The highest BCUT2D eigenvalue weighted by Gasteiger charge is 2.26. The third-order valence-corrected chi connectivity index (χ3v) is 4.33. The van der Waals surface area contributed by atoms with E-state index in [1.54, 1.807) is 13.2 Å². The van der Waals surface area contributed by atoms with Crippen LogP contribution in [0.5, 0.6) is 5.75 Å². The van der Waals surface area contributed by atoms with Crippen molar-refractivity contribution in [3.8, 4) is 5.75 Å². The van der Waals surface area contributed by atoms with Gasteiger partial charge in [-0.2, -0.15) is 0 Å². The van der Waals surface area contributed by atoms with Gasteiger partial charge in [-0.05, 0) is 37.3 Å². The first-order chi connectivity index (χ1) is 9.51. The molecule has 2 rings (SSSR count). The second-order valence-corrected chi connectivity index (χ2v) is 5.82. The molecule has 1 amide bonds. The van der Waals surface area contributed by atoms with Crippen molar-refractivity contribution in [2.45, 2.75) is 38.6 Å². The maximum absolute atomic E-state index is 12.1. The number of nitrogens with two attached hydrogens (primary N) is 1. The molecular weight excluding hydrogens is 311 g/mol. The van der Waals surface area contributed by atoms with E-state index in [-0.39, 0.29) is 30.3 Å². The number of hydrogen-bond acceptors (Lipinski definition) is 3. The van der Waals surface area contributed by atoms with Crippen molar-refractivity contribution < 1.29 is 9.53 Å². The number of aryl methyl sites for hydroxylation is 1. The van der Waals surface area contributed by atoms with Crippen molar-refractivity contribution in [2.75, 3.05) is 12.4 Å². The average Bonchev–Trinajstić information content (AvgIpc) is 2.79. The van der Waals surface area contributed by atoms with Crippen molar-refractivity contribution in [1.82, 2.24) is 0 Å². The molecule has 1 aromatic carbocycles. The Bertz CT molecular complexity index is 509. The largest absolute Gasteiger partial charge is 0.495 e. The number of amides is 1. The van der Waals surface area contributed by atoms with Crippen LogP contribution in [0.2, 0.25) is 5.02 Å². The van der Waals surface area contributed by atoms with Crippen LogP contribution in [-0.2, 0) is 4.79 Å². The molecule has 0 aliphatic heterocycles. The van der Waals surface area contributed by atoms with Crippen LogP contribution in [0.4, 0.5) is 5.69 Å². The number of carbonyl (C=O) groups is 1. The highest BCUT2D eigenvalue weighted by molar-refractivity contribution is 6.31. The van der Waals surface area contributed by atoms with Gasteiger partial charge in [0.2, 0.25) is 5.91 Å². The van der Waals surface area contributed by atoms with Gasteiger partial charge in [-0.1, -0.05) is 18.0 Å². The van der Waals surface area contributed by atoms with E-state index < -0.39 is 0 Å². The minimum absolute atomic E-state index is 0. The first-order valence-corrected chi connectivity index (χ1v) is 7.28. The summed E-state index contributed by atoms with van der Waals surface area (Å²) in [6, 6.07) is 3.69. The van der Waals surface area contributed by atoms with Crippen molar-refractivity contribution in [1.29, 1.82) is 0 Å². The van der Waals surface area contributed by atoms with Gasteiger partial charge in [0.1, 0.15) is 5.75 Å². The Kier molecular flexibility index (Phi) is 6.78. The molecule has 1 aliphatic carbocycles. The lowest BCUT2D eigenvalue weighted by Crippen LogP contribution is -2.28. The Morgan fingerprint density at radius 2 is 2.19 bits per heavy atom. The second-order valence-electron chi connectivity index (χ2n) is 5.41. The molecule has 0 bridgehead atoms. The monoisotopic (exact) mass is 332 g/mol. The van der Waals surface area contributed by atoms with E-state index in [1.165, 1.54) is 0 Å². The van der Waals surface area contributed by atoms with E-state index in [4.69, 9.17) is 22.1 Å². The third-order valence-electron chi connectivity index (χ3n) is 3.92. The summed E-state index contributed by atoms with van der Waals surface area (Å²) in [4.78, 5) is 12.1. The SMILES string of the molecule is COc1cc(Cl)c(C)cc1NC(=O)C[C@@H]1CCC[C@H]1N.Cl. The fraction of sp³-hybridized carbons (Fsp3) is 0.533. The molecule has 2 atom stereocenters. The Hall–Kier alpha value is -0.970. The number of nitrogens with one attached hydrogen (secondary N) is 1. The highest BCUT2D eigenvalue weighted by Crippen LogP contribution is 2.32. The lowest BCUT2D eigenvalue weighted by molar-refractivity contribution is -0.117. The molecule has 21 heavy (non-hydrogen) atoms. The third kappa shape index (κ3) is 4.50. The number of ether oxygens (including phenoxy) is 1. The molecule has 0 radical (unpaired) electrons. The van der Waals surface area contributed by atoms with Gasteiger partial charge in [-0.25, -0.2) is 0 Å². The van der Waals surface area contributed by atoms with E-state index in [0.717, 1.165) is 24.8 Å². The average molecular weight is 333 g/mol. The van der Waals surface area contributed by atoms with E-state index in [0.29, 0.717) is 22.9 Å². The predicted octanol–water partition coefficient (Wildman–Crippen LogP) is 3.53. The standard InChI is InChI=1S/C15H21ClN2O2.ClH/c1-9-6-13(14(20-2)8-11(9)16)18-15(19)7-10-4-3-5-12(10)17;/h6,8,10,12H,3-5,7,17H2,1-2H3,(H,18,19);1H/t10-,12+;/m0./s1. The number of benzene rings is 1. The number of methoxy groups -OCH3 is 1. The molecule has 118 valence electrons. The number of rotatable bonds is 4. The van der Waals surface area contributed by atoms with Crippen LogP contribution in [0.1, 0.15) is 31.2 Å². The molecule has 4 nitrogen and oxygen atoms in total. The maximum Gasteiger partial charge on any atom is 0.224 e. The molecule has 1 fully saturated rings. The van der Waals surface area contributed by atoms with E-state index in [1.807, 2.05) is 13.0 Å². The normalized spacial score (nSPS) is 20.8. The summed E-state index contributed by atoms with van der Waals surface area (Å²) in [6.45, 7) is 1.89. The van der Waals surface area contributed by atoms with Crippen LogP contribution in [-0.4, -0.2) is 19.1 Å². The van der Waals surface area contributed by atoms with Gasteiger partial charge in [0.05, 0.1) is 12.8 Å². The zero-order chi connectivity index (χ0) is 14.7.